The summed E-state index contributed by atoms with van der Waals surface area (Å²) in [5.74, 6) is 0.904. The van der Waals surface area contributed by atoms with E-state index in [9.17, 15) is 0 Å². The quantitative estimate of drug-likeness (QED) is 0.880. The third-order valence-corrected chi connectivity index (χ3v) is 3.66. The van der Waals surface area contributed by atoms with E-state index in [2.05, 4.69) is 29.4 Å². The van der Waals surface area contributed by atoms with Crippen LogP contribution in [0.2, 0.25) is 5.02 Å². The lowest BCUT2D eigenvalue weighted by Gasteiger charge is -2.24. The van der Waals surface area contributed by atoms with Crippen LogP contribution in [-0.4, -0.2) is 21.2 Å². The number of hydrogen-bond acceptors (Lipinski definition) is 3. The van der Waals surface area contributed by atoms with Gasteiger partial charge in [-0.25, -0.2) is 0 Å². The van der Waals surface area contributed by atoms with E-state index in [-0.39, 0.29) is 0 Å². The lowest BCUT2D eigenvalue weighted by molar-refractivity contribution is 0.409. The van der Waals surface area contributed by atoms with Crippen molar-refractivity contribution in [3.63, 3.8) is 0 Å². The molecule has 112 valence electrons. The zero-order valence-corrected chi connectivity index (χ0v) is 13.4. The number of methoxy groups -OCH3 is 1. The van der Waals surface area contributed by atoms with E-state index in [1.54, 1.807) is 7.11 Å². The molecule has 0 aliphatic heterocycles. The fourth-order valence-electron chi connectivity index (χ4n) is 2.41. The van der Waals surface area contributed by atoms with Crippen LogP contribution >= 0.6 is 11.6 Å². The van der Waals surface area contributed by atoms with Gasteiger partial charge in [-0.2, -0.15) is 0 Å². The first-order chi connectivity index (χ1) is 10.2. The number of halogens is 1. The Morgan fingerprint density at radius 3 is 2.62 bits per heavy atom. The fraction of sp³-hybridized carbons (Fsp3) is 0.294. The molecule has 2 aromatic rings. The third kappa shape index (κ3) is 3.90. The summed E-state index contributed by atoms with van der Waals surface area (Å²) in [5.41, 5.74) is 3.50. The second kappa shape index (κ2) is 7.34. The van der Waals surface area contributed by atoms with E-state index >= 15 is 0 Å². The molecule has 2 aromatic carbocycles. The van der Waals surface area contributed by atoms with Crippen molar-refractivity contribution in [1.29, 1.82) is 0 Å². The zero-order valence-electron chi connectivity index (χ0n) is 12.7. The van der Waals surface area contributed by atoms with Gasteiger partial charge in [-0.3, -0.25) is 0 Å². The van der Waals surface area contributed by atoms with E-state index in [0.717, 1.165) is 35.1 Å². The van der Waals surface area contributed by atoms with Crippen LogP contribution in [0.5, 0.6) is 5.75 Å². The molecule has 2 rings (SSSR count). The molecule has 0 spiro atoms. The van der Waals surface area contributed by atoms with Gasteiger partial charge in [-0.05, 0) is 30.8 Å². The van der Waals surface area contributed by atoms with E-state index < -0.39 is 0 Å². The highest BCUT2D eigenvalue weighted by Crippen LogP contribution is 2.27. The minimum Gasteiger partial charge on any atom is -0.496 e. The van der Waals surface area contributed by atoms with Crippen LogP contribution in [0.15, 0.2) is 42.5 Å². The molecule has 0 unspecified atom stereocenters. The second-order valence-electron chi connectivity index (χ2n) is 4.97. The van der Waals surface area contributed by atoms with Crippen molar-refractivity contribution in [2.24, 2.45) is 0 Å². The van der Waals surface area contributed by atoms with Gasteiger partial charge in [0.1, 0.15) is 5.75 Å². The average molecular weight is 305 g/mol. The highest BCUT2D eigenvalue weighted by molar-refractivity contribution is 6.30. The summed E-state index contributed by atoms with van der Waals surface area (Å²) in [7, 11) is 5.71. The van der Waals surface area contributed by atoms with Gasteiger partial charge in [-0.1, -0.05) is 35.9 Å². The van der Waals surface area contributed by atoms with E-state index in [1.807, 2.05) is 37.4 Å². The molecular formula is C17H21ClN2O. The molecule has 1 N–H and O–H groups in total. The van der Waals surface area contributed by atoms with Gasteiger partial charge >= 0.3 is 0 Å². The summed E-state index contributed by atoms with van der Waals surface area (Å²) in [6.07, 6.45) is 0. The summed E-state index contributed by atoms with van der Waals surface area (Å²) in [6.45, 7) is 1.57. The van der Waals surface area contributed by atoms with Crippen LogP contribution in [0.25, 0.3) is 0 Å². The minimum absolute atomic E-state index is 0.747. The molecule has 3 nitrogen and oxygen atoms in total. The standard InChI is InChI=1S/C17H21ClN2O/c1-19-11-13-8-9-15(18)10-16(13)20(2)12-14-6-4-5-7-17(14)21-3/h4-10,19H,11-12H2,1-3H3. The topological polar surface area (TPSA) is 24.5 Å². The molecule has 0 aromatic heterocycles. The van der Waals surface area contributed by atoms with Crippen molar-refractivity contribution in [3.05, 3.63) is 58.6 Å². The number of benzene rings is 2. The zero-order chi connectivity index (χ0) is 15.2. The Labute approximate surface area is 131 Å². The van der Waals surface area contributed by atoms with Gasteiger partial charge in [0.05, 0.1) is 7.11 Å². The van der Waals surface area contributed by atoms with Gasteiger partial charge in [0.2, 0.25) is 0 Å². The van der Waals surface area contributed by atoms with Gasteiger partial charge in [0.15, 0.2) is 0 Å². The molecule has 4 heteroatoms. The molecule has 0 heterocycles. The highest BCUT2D eigenvalue weighted by Gasteiger charge is 2.11. The molecule has 0 aliphatic carbocycles. The smallest absolute Gasteiger partial charge is 0.123 e. The summed E-state index contributed by atoms with van der Waals surface area (Å²) >= 11 is 6.15. The number of rotatable bonds is 6. The van der Waals surface area contributed by atoms with Gasteiger partial charge in [-0.15, -0.1) is 0 Å². The SMILES string of the molecule is CNCc1ccc(Cl)cc1N(C)Cc1ccccc1OC. The largest absolute Gasteiger partial charge is 0.496 e. The minimum atomic E-state index is 0.747. The monoisotopic (exact) mass is 304 g/mol. The van der Waals surface area contributed by atoms with Crippen LogP contribution in [0, 0.1) is 0 Å². The fourth-order valence-corrected chi connectivity index (χ4v) is 2.57. The maximum atomic E-state index is 6.15. The number of nitrogens with zero attached hydrogens (tertiary/aromatic N) is 1. The maximum Gasteiger partial charge on any atom is 0.123 e. The Morgan fingerprint density at radius 2 is 1.90 bits per heavy atom. The van der Waals surface area contributed by atoms with E-state index in [4.69, 9.17) is 16.3 Å². The van der Waals surface area contributed by atoms with Crippen LogP contribution in [-0.2, 0) is 13.1 Å². The summed E-state index contributed by atoms with van der Waals surface area (Å²) in [5, 5.41) is 3.94. The van der Waals surface area contributed by atoms with Gasteiger partial charge in [0.25, 0.3) is 0 Å². The van der Waals surface area contributed by atoms with Crippen molar-refractivity contribution in [2.45, 2.75) is 13.1 Å². The molecule has 0 bridgehead atoms. The first-order valence-corrected chi connectivity index (χ1v) is 7.29. The predicted molar refractivity (Wildman–Crippen MR) is 89.3 cm³/mol. The molecule has 0 radical (unpaired) electrons. The highest BCUT2D eigenvalue weighted by atomic mass is 35.5. The van der Waals surface area contributed by atoms with Crippen molar-refractivity contribution >= 4 is 17.3 Å². The summed E-state index contributed by atoms with van der Waals surface area (Å²) in [6, 6.07) is 14.1. The number of nitrogens with one attached hydrogen (secondary N) is 1. The Bertz CT molecular complexity index is 601. The van der Waals surface area contributed by atoms with Crippen LogP contribution in [0.4, 0.5) is 5.69 Å². The predicted octanol–water partition coefficient (Wildman–Crippen LogP) is 3.70. The Hall–Kier alpha value is -1.71. The van der Waals surface area contributed by atoms with Crippen LogP contribution in [0.1, 0.15) is 11.1 Å². The maximum absolute atomic E-state index is 6.15. The lowest BCUT2D eigenvalue weighted by atomic mass is 10.1. The molecule has 0 aliphatic rings. The first kappa shape index (κ1) is 15.7. The molecule has 0 fully saturated rings. The molecule has 0 saturated heterocycles. The summed E-state index contributed by atoms with van der Waals surface area (Å²) < 4.78 is 5.42. The normalized spacial score (nSPS) is 10.5. The number of ether oxygens (including phenoxy) is 1. The second-order valence-corrected chi connectivity index (χ2v) is 5.41. The third-order valence-electron chi connectivity index (χ3n) is 3.43. The number of hydrogen-bond donors (Lipinski definition) is 1. The van der Waals surface area contributed by atoms with Gasteiger partial charge in [0, 0.05) is 36.4 Å². The molecule has 0 amide bonds. The average Bonchev–Trinajstić information content (AvgIpc) is 2.49. The Kier molecular flexibility index (Phi) is 5.48. The number of anilines is 1. The number of para-hydroxylation sites is 1. The van der Waals surface area contributed by atoms with Crippen molar-refractivity contribution in [1.82, 2.24) is 5.32 Å². The van der Waals surface area contributed by atoms with Crippen molar-refractivity contribution in [3.8, 4) is 5.75 Å². The van der Waals surface area contributed by atoms with E-state index in [0.29, 0.717) is 0 Å². The van der Waals surface area contributed by atoms with Crippen molar-refractivity contribution < 1.29 is 4.74 Å². The molecule has 21 heavy (non-hydrogen) atoms. The van der Waals surface area contributed by atoms with E-state index in [1.165, 1.54) is 5.56 Å². The Morgan fingerprint density at radius 1 is 1.14 bits per heavy atom. The Balaban J connectivity index is 2.27. The van der Waals surface area contributed by atoms with Gasteiger partial charge < -0.3 is 15.0 Å². The lowest BCUT2D eigenvalue weighted by Crippen LogP contribution is -2.20. The molecule has 0 atom stereocenters. The summed E-state index contributed by atoms with van der Waals surface area (Å²) in [4.78, 5) is 2.19. The van der Waals surface area contributed by atoms with Crippen molar-refractivity contribution in [2.75, 3.05) is 26.1 Å². The van der Waals surface area contributed by atoms with Crippen LogP contribution < -0.4 is 15.0 Å². The first-order valence-electron chi connectivity index (χ1n) is 6.91. The molecule has 0 saturated carbocycles. The molecular weight excluding hydrogens is 284 g/mol. The van der Waals surface area contributed by atoms with Crippen LogP contribution in [0.3, 0.4) is 0 Å².